The van der Waals surface area contributed by atoms with E-state index in [1.54, 1.807) is 24.3 Å². The summed E-state index contributed by atoms with van der Waals surface area (Å²) in [5.41, 5.74) is 12.2. The lowest BCUT2D eigenvalue weighted by Crippen LogP contribution is -2.00. The van der Waals surface area contributed by atoms with Crippen molar-refractivity contribution in [3.05, 3.63) is 223 Å². The molecule has 0 fully saturated rings. The van der Waals surface area contributed by atoms with Crippen LogP contribution in [0.25, 0.3) is 110 Å². The van der Waals surface area contributed by atoms with Gasteiger partial charge < -0.3 is 0 Å². The monoisotopic (exact) mass is 788 g/mol. The van der Waals surface area contributed by atoms with E-state index in [1.165, 1.54) is 32.7 Å². The van der Waals surface area contributed by atoms with Gasteiger partial charge in [-0.1, -0.05) is 152 Å². The molecule has 0 spiro atoms. The van der Waals surface area contributed by atoms with Gasteiger partial charge in [-0.2, -0.15) is 5.26 Å². The third kappa shape index (κ3) is 7.20. The molecule has 0 aliphatic rings. The Bertz CT molecular complexity index is 3380. The molecule has 0 N–H and O–H groups in total. The maximum Gasteiger partial charge on any atom is 0.195 e. The first-order chi connectivity index (χ1) is 30.5. The third-order valence-electron chi connectivity index (χ3n) is 11.2. The average Bonchev–Trinajstić information content (AvgIpc) is 3.36. The van der Waals surface area contributed by atoms with Crippen LogP contribution in [0.1, 0.15) is 5.56 Å². The van der Waals surface area contributed by atoms with Gasteiger partial charge in [0.15, 0.2) is 28.8 Å². The Kier molecular flexibility index (Phi) is 9.60. The molecule has 0 radical (unpaired) electrons. The minimum Gasteiger partial charge on any atom is -0.238 e. The van der Waals surface area contributed by atoms with E-state index in [9.17, 15) is 5.26 Å². The number of nitrogens with zero attached hydrogens (tertiary/aromatic N) is 6. The van der Waals surface area contributed by atoms with Crippen LogP contribution in [0.4, 0.5) is 11.4 Å². The van der Waals surface area contributed by atoms with E-state index in [0.717, 1.165) is 50.1 Å². The molecule has 0 unspecified atom stereocenters. The Hall–Kier alpha value is -9.02. The Labute approximate surface area is 359 Å². The molecule has 0 saturated heterocycles. The van der Waals surface area contributed by atoms with E-state index in [0.29, 0.717) is 34.4 Å². The minimum atomic E-state index is 0.467. The summed E-state index contributed by atoms with van der Waals surface area (Å²) in [6.45, 7) is 15.5. The molecule has 6 nitrogen and oxygen atoms in total. The van der Waals surface area contributed by atoms with E-state index in [4.69, 9.17) is 28.1 Å². The van der Waals surface area contributed by atoms with E-state index in [2.05, 4.69) is 125 Å². The third-order valence-corrected chi connectivity index (χ3v) is 11.2. The molecule has 1 aromatic heterocycles. The lowest BCUT2D eigenvalue weighted by Gasteiger charge is -2.11. The summed E-state index contributed by atoms with van der Waals surface area (Å²) in [6, 6.07) is 67.1. The van der Waals surface area contributed by atoms with E-state index in [1.807, 2.05) is 60.7 Å². The van der Waals surface area contributed by atoms with Crippen LogP contribution in [0.15, 0.2) is 194 Å². The highest BCUT2D eigenvalue weighted by atomic mass is 15.0. The summed E-state index contributed by atoms with van der Waals surface area (Å²) in [6.07, 6.45) is 0. The molecular formula is C56H32N6. The highest BCUT2D eigenvalue weighted by Crippen LogP contribution is 2.38. The number of benzene rings is 9. The Morgan fingerprint density at radius 2 is 0.855 bits per heavy atom. The van der Waals surface area contributed by atoms with Crippen molar-refractivity contribution in [2.24, 2.45) is 0 Å². The van der Waals surface area contributed by atoms with Gasteiger partial charge in [-0.15, -0.1) is 0 Å². The molecule has 0 saturated carbocycles. The number of rotatable bonds is 7. The molecule has 0 atom stereocenters. The van der Waals surface area contributed by atoms with Gasteiger partial charge in [0, 0.05) is 16.7 Å². The average molecular weight is 789 g/mol. The molecule has 0 amide bonds. The largest absolute Gasteiger partial charge is 0.238 e. The van der Waals surface area contributed by atoms with Crippen molar-refractivity contribution in [3.8, 4) is 84.7 Å². The second-order valence-electron chi connectivity index (χ2n) is 15.0. The van der Waals surface area contributed by atoms with E-state index in [-0.39, 0.29) is 0 Å². The highest BCUT2D eigenvalue weighted by Gasteiger charge is 2.15. The van der Waals surface area contributed by atoms with E-state index >= 15 is 0 Å². The van der Waals surface area contributed by atoms with Crippen molar-refractivity contribution in [2.45, 2.75) is 0 Å². The molecular weight excluding hydrogens is 757 g/mol. The molecule has 0 aliphatic carbocycles. The van der Waals surface area contributed by atoms with E-state index < -0.39 is 0 Å². The summed E-state index contributed by atoms with van der Waals surface area (Å²) in [5.74, 6) is 1.42. The summed E-state index contributed by atoms with van der Waals surface area (Å²) in [4.78, 5) is 21.9. The van der Waals surface area contributed by atoms with Crippen molar-refractivity contribution in [3.63, 3.8) is 0 Å². The molecule has 0 bridgehead atoms. The van der Waals surface area contributed by atoms with Crippen molar-refractivity contribution < 1.29 is 0 Å². The van der Waals surface area contributed by atoms with Gasteiger partial charge in [0.25, 0.3) is 0 Å². The Morgan fingerprint density at radius 3 is 1.48 bits per heavy atom. The SMILES string of the molecule is [C-]#[N+]c1ccc(-c2nc(-c3ccc(C#N)cc3)nc(-c3ccc(-c4ccc(-c5cccc(-c6ccc(-c7ccc8c(ccc9ccccc98)c7)cc6)c5)cc4[N+]#[C-])cc3)n2)cc1. The van der Waals surface area contributed by atoms with Gasteiger partial charge in [-0.05, 0) is 109 Å². The molecule has 62 heavy (non-hydrogen) atoms. The Morgan fingerprint density at radius 1 is 0.371 bits per heavy atom. The second kappa shape index (κ2) is 16.0. The number of hydrogen-bond donors (Lipinski definition) is 0. The molecule has 1 heterocycles. The van der Waals surface area contributed by atoms with Gasteiger partial charge in [0.05, 0.1) is 24.8 Å². The normalized spacial score (nSPS) is 10.9. The fourth-order valence-electron chi connectivity index (χ4n) is 7.91. The zero-order chi connectivity index (χ0) is 42.0. The van der Waals surface area contributed by atoms with Crippen LogP contribution in [-0.2, 0) is 0 Å². The second-order valence-corrected chi connectivity index (χ2v) is 15.0. The number of aromatic nitrogens is 3. The summed E-state index contributed by atoms with van der Waals surface area (Å²) in [7, 11) is 0. The van der Waals surface area contributed by atoms with Gasteiger partial charge >= 0.3 is 0 Å². The topological polar surface area (TPSA) is 71.2 Å². The fourth-order valence-corrected chi connectivity index (χ4v) is 7.91. The highest BCUT2D eigenvalue weighted by molar-refractivity contribution is 6.08. The Balaban J connectivity index is 0.912. The van der Waals surface area contributed by atoms with Crippen LogP contribution in [-0.4, -0.2) is 15.0 Å². The lowest BCUT2D eigenvalue weighted by molar-refractivity contribution is 1.07. The van der Waals surface area contributed by atoms with Crippen LogP contribution in [0.5, 0.6) is 0 Å². The lowest BCUT2D eigenvalue weighted by atomic mass is 9.94. The standard InChI is InChI=1S/C56H32N6/c1-58-49-28-24-43(25-29-49)56-61-54(41-12-10-36(35-57)11-13-41)60-55(62-56)42-21-18-40(19-22-42)52-31-27-47(34-53(52)59-2)45-8-5-7-44(32-45)37-14-16-38(17-15-37)46-26-30-51-48(33-46)23-20-39-6-3-4-9-50(39)51/h3-34H. The van der Waals surface area contributed by atoms with Crippen molar-refractivity contribution in [2.75, 3.05) is 0 Å². The molecule has 286 valence electrons. The van der Waals surface area contributed by atoms with Crippen LogP contribution in [0, 0.1) is 24.5 Å². The number of fused-ring (bicyclic) bond motifs is 3. The smallest absolute Gasteiger partial charge is 0.195 e. The maximum atomic E-state index is 9.32. The quantitative estimate of drug-likeness (QED) is 0.119. The predicted molar refractivity (Wildman–Crippen MR) is 250 cm³/mol. The van der Waals surface area contributed by atoms with Crippen LogP contribution >= 0.6 is 0 Å². The number of hydrogen-bond acceptors (Lipinski definition) is 4. The first kappa shape index (κ1) is 37.3. The van der Waals surface area contributed by atoms with Crippen LogP contribution < -0.4 is 0 Å². The maximum absolute atomic E-state index is 9.32. The van der Waals surface area contributed by atoms with Gasteiger partial charge in [-0.3, -0.25) is 0 Å². The summed E-state index contributed by atoms with van der Waals surface area (Å²) < 4.78 is 0. The van der Waals surface area contributed by atoms with Crippen LogP contribution in [0.2, 0.25) is 0 Å². The molecule has 0 aliphatic heterocycles. The van der Waals surface area contributed by atoms with Gasteiger partial charge in [0.1, 0.15) is 0 Å². The van der Waals surface area contributed by atoms with Gasteiger partial charge in [-0.25, -0.2) is 24.6 Å². The molecule has 9 aromatic carbocycles. The predicted octanol–water partition coefficient (Wildman–Crippen LogP) is 14.8. The zero-order valence-electron chi connectivity index (χ0n) is 33.2. The molecule has 10 aromatic rings. The van der Waals surface area contributed by atoms with Crippen LogP contribution in [0.3, 0.4) is 0 Å². The summed E-state index contributed by atoms with van der Waals surface area (Å²) >= 11 is 0. The number of nitriles is 1. The summed E-state index contributed by atoms with van der Waals surface area (Å²) in [5, 5.41) is 14.3. The fraction of sp³-hybridized carbons (Fsp3) is 0. The molecule has 6 heteroatoms. The first-order valence-electron chi connectivity index (χ1n) is 20.0. The minimum absolute atomic E-state index is 0.467. The first-order valence-corrected chi connectivity index (χ1v) is 20.0. The molecule has 10 rings (SSSR count). The van der Waals surface area contributed by atoms with Crippen molar-refractivity contribution in [1.82, 2.24) is 15.0 Å². The van der Waals surface area contributed by atoms with Crippen molar-refractivity contribution in [1.29, 1.82) is 5.26 Å². The van der Waals surface area contributed by atoms with Gasteiger partial charge in [0.2, 0.25) is 0 Å². The van der Waals surface area contributed by atoms with Crippen molar-refractivity contribution >= 4 is 32.9 Å². The zero-order valence-corrected chi connectivity index (χ0v) is 33.2.